The van der Waals surface area contributed by atoms with E-state index in [0.29, 0.717) is 6.54 Å². The summed E-state index contributed by atoms with van der Waals surface area (Å²) in [4.78, 5) is 15.8. The summed E-state index contributed by atoms with van der Waals surface area (Å²) in [7, 11) is 0. The molecule has 0 aliphatic carbocycles. The van der Waals surface area contributed by atoms with Crippen LogP contribution in [0.2, 0.25) is 0 Å². The van der Waals surface area contributed by atoms with Crippen molar-refractivity contribution in [3.8, 4) is 5.75 Å². The Bertz CT molecular complexity index is 1140. The van der Waals surface area contributed by atoms with Crippen molar-refractivity contribution in [2.75, 3.05) is 11.5 Å². The quantitative estimate of drug-likeness (QED) is 0.0932. The monoisotopic (exact) mass is 577 g/mol. The van der Waals surface area contributed by atoms with Crippen molar-refractivity contribution in [3.63, 3.8) is 0 Å². The third-order valence-electron chi connectivity index (χ3n) is 7.69. The molecule has 224 valence electrons. The maximum atomic E-state index is 12.6. The fourth-order valence-electron chi connectivity index (χ4n) is 5.35. The van der Waals surface area contributed by atoms with Gasteiger partial charge in [-0.1, -0.05) is 126 Å². The number of carbonyl (C=O) groups excluding carboxylic acids is 1. The smallest absolute Gasteiger partial charge is 0.225 e. The van der Waals surface area contributed by atoms with Crippen molar-refractivity contribution in [1.82, 2.24) is 0 Å². The summed E-state index contributed by atoms with van der Waals surface area (Å²) in [6.07, 6.45) is 21.2. The lowest BCUT2D eigenvalue weighted by Crippen LogP contribution is -2.31. The van der Waals surface area contributed by atoms with Crippen LogP contribution in [-0.4, -0.2) is 12.5 Å². The van der Waals surface area contributed by atoms with E-state index in [9.17, 15) is 4.79 Å². The summed E-state index contributed by atoms with van der Waals surface area (Å²) in [5.41, 5.74) is 5.32. The van der Waals surface area contributed by atoms with Crippen molar-refractivity contribution in [2.45, 2.75) is 124 Å². The van der Waals surface area contributed by atoms with Gasteiger partial charge in [0.1, 0.15) is 5.75 Å². The van der Waals surface area contributed by atoms with Crippen LogP contribution in [-0.2, 0) is 17.9 Å². The van der Waals surface area contributed by atoms with E-state index in [0.717, 1.165) is 36.6 Å². The van der Waals surface area contributed by atoms with Crippen LogP contribution in [0.3, 0.4) is 0 Å². The zero-order valence-corrected chi connectivity index (χ0v) is 26.7. The van der Waals surface area contributed by atoms with E-state index in [1.165, 1.54) is 93.9 Å². The largest absolute Gasteiger partial charge is 0.494 e. The molecule has 0 saturated heterocycles. The maximum absolute atomic E-state index is 12.6. The minimum absolute atomic E-state index is 0.0370. The molecule has 41 heavy (non-hydrogen) atoms. The number of nitrogens with zero attached hydrogens (tertiary/aromatic N) is 2. The van der Waals surface area contributed by atoms with Gasteiger partial charge in [-0.25, -0.2) is 0 Å². The average molecular weight is 578 g/mol. The van der Waals surface area contributed by atoms with Gasteiger partial charge in [-0.3, -0.25) is 4.79 Å². The molecule has 0 atom stereocenters. The summed E-state index contributed by atoms with van der Waals surface area (Å²) in [6, 6.07) is 16.5. The van der Waals surface area contributed by atoms with E-state index < -0.39 is 0 Å². The summed E-state index contributed by atoms with van der Waals surface area (Å²) >= 11 is 1.74. The fraction of sp³-hybridized carbons (Fsp3) is 0.556. The van der Waals surface area contributed by atoms with Crippen LogP contribution in [0.5, 0.6) is 5.75 Å². The van der Waals surface area contributed by atoms with E-state index in [-0.39, 0.29) is 5.91 Å². The van der Waals surface area contributed by atoms with Crippen LogP contribution in [0.15, 0.2) is 60.2 Å². The molecule has 0 aliphatic heterocycles. The summed E-state index contributed by atoms with van der Waals surface area (Å²) < 4.78 is 8.27. The summed E-state index contributed by atoms with van der Waals surface area (Å²) in [5, 5.41) is 0. The van der Waals surface area contributed by atoms with Crippen molar-refractivity contribution < 1.29 is 14.1 Å². The van der Waals surface area contributed by atoms with Gasteiger partial charge < -0.3 is 9.64 Å². The van der Waals surface area contributed by atoms with Crippen LogP contribution in [0.4, 0.5) is 5.69 Å². The lowest BCUT2D eigenvalue weighted by Gasteiger charge is -2.22. The number of anilines is 1. The summed E-state index contributed by atoms with van der Waals surface area (Å²) in [5.74, 6) is 0.925. The second-order valence-corrected chi connectivity index (χ2v) is 12.6. The van der Waals surface area contributed by atoms with E-state index in [1.807, 2.05) is 29.2 Å². The standard InChI is InChI=1S/C36H53N2O2S/c1-4-5-6-7-8-9-10-11-12-13-14-15-16-17-24-40-36-23-19-21-34(26-36)29-38(32(3)39)35-22-18-20-33(25-35)28-37-27-31(2)41-30-37/h18-23,25-27,30H,4-17,24,28-29H2,1-3H3/q+1. The third kappa shape index (κ3) is 13.2. The lowest BCUT2D eigenvalue weighted by molar-refractivity contribution is -0.683. The van der Waals surface area contributed by atoms with Crippen molar-refractivity contribution in [3.05, 3.63) is 76.2 Å². The van der Waals surface area contributed by atoms with E-state index >= 15 is 0 Å². The van der Waals surface area contributed by atoms with Gasteiger partial charge >= 0.3 is 0 Å². The summed E-state index contributed by atoms with van der Waals surface area (Å²) in [6.45, 7) is 8.12. The highest BCUT2D eigenvalue weighted by Crippen LogP contribution is 2.22. The minimum Gasteiger partial charge on any atom is -0.494 e. The van der Waals surface area contributed by atoms with Gasteiger partial charge in [0, 0.05) is 18.2 Å². The molecule has 0 fully saturated rings. The number of rotatable bonds is 21. The SMILES string of the molecule is CCCCCCCCCCCCCCCCOc1cccc(CN(C(C)=O)c2cccc(C[n+]3csc(C)c3)c2)c1. The Balaban J connectivity index is 1.34. The fourth-order valence-corrected chi connectivity index (χ4v) is 5.98. The van der Waals surface area contributed by atoms with Crippen molar-refractivity contribution in [2.24, 2.45) is 0 Å². The van der Waals surface area contributed by atoms with Gasteiger partial charge in [0.25, 0.3) is 0 Å². The van der Waals surface area contributed by atoms with Crippen LogP contribution < -0.4 is 14.2 Å². The maximum Gasteiger partial charge on any atom is 0.225 e. The molecule has 0 saturated carbocycles. The number of aryl methyl sites for hydroxylation is 1. The molecule has 1 aromatic heterocycles. The van der Waals surface area contributed by atoms with Crippen LogP contribution >= 0.6 is 11.3 Å². The van der Waals surface area contributed by atoms with E-state index in [1.54, 1.807) is 18.3 Å². The molecule has 3 aromatic rings. The Labute approximate surface area is 253 Å². The normalized spacial score (nSPS) is 11.1. The van der Waals surface area contributed by atoms with E-state index in [2.05, 4.69) is 54.4 Å². The number of ether oxygens (including phenoxy) is 1. The zero-order chi connectivity index (χ0) is 29.1. The average Bonchev–Trinajstić information content (AvgIpc) is 3.38. The first-order valence-corrected chi connectivity index (χ1v) is 17.0. The highest BCUT2D eigenvalue weighted by atomic mass is 32.1. The van der Waals surface area contributed by atoms with E-state index in [4.69, 9.17) is 4.74 Å². The number of benzene rings is 2. The highest BCUT2D eigenvalue weighted by Gasteiger charge is 2.15. The topological polar surface area (TPSA) is 33.4 Å². The molecule has 0 spiro atoms. The highest BCUT2D eigenvalue weighted by molar-refractivity contribution is 7.09. The first-order chi connectivity index (χ1) is 20.0. The minimum atomic E-state index is 0.0370. The van der Waals surface area contributed by atoms with Gasteiger partial charge in [0.2, 0.25) is 11.4 Å². The number of amides is 1. The van der Waals surface area contributed by atoms with Gasteiger partial charge in [-0.05, 0) is 43.2 Å². The molecule has 0 bridgehead atoms. The molecule has 3 rings (SSSR count). The number of unbranched alkanes of at least 4 members (excludes halogenated alkanes) is 13. The van der Waals surface area contributed by atoms with Crippen LogP contribution in [0, 0.1) is 6.92 Å². The number of hydrogen-bond donors (Lipinski definition) is 0. The molecular weight excluding hydrogens is 524 g/mol. The molecule has 1 amide bonds. The Morgan fingerprint density at radius 2 is 1.41 bits per heavy atom. The number of aromatic nitrogens is 1. The van der Waals surface area contributed by atoms with Crippen molar-refractivity contribution >= 4 is 22.9 Å². The predicted octanol–water partition coefficient (Wildman–Crippen LogP) is 9.81. The Kier molecular flexibility index (Phi) is 15.6. The second-order valence-electron chi connectivity index (χ2n) is 11.5. The predicted molar refractivity (Wildman–Crippen MR) is 174 cm³/mol. The van der Waals surface area contributed by atoms with Gasteiger partial charge in [0.05, 0.1) is 18.0 Å². The Hall–Kier alpha value is -2.66. The number of hydrogen-bond acceptors (Lipinski definition) is 3. The first-order valence-electron chi connectivity index (χ1n) is 16.1. The first kappa shape index (κ1) is 32.8. The zero-order valence-electron chi connectivity index (χ0n) is 25.9. The molecular formula is C36H53N2O2S+. The molecule has 1 heterocycles. The molecule has 2 aromatic carbocycles. The molecule has 0 N–H and O–H groups in total. The van der Waals surface area contributed by atoms with Gasteiger partial charge in [0.15, 0.2) is 12.7 Å². The number of thiazole rings is 1. The Morgan fingerprint density at radius 1 is 0.805 bits per heavy atom. The molecule has 0 radical (unpaired) electrons. The number of carbonyl (C=O) groups is 1. The molecule has 4 nitrogen and oxygen atoms in total. The van der Waals surface area contributed by atoms with Crippen molar-refractivity contribution in [1.29, 1.82) is 0 Å². The molecule has 0 unspecified atom stereocenters. The molecule has 5 heteroatoms. The Morgan fingerprint density at radius 3 is 2.02 bits per heavy atom. The van der Waals surface area contributed by atoms with Crippen LogP contribution in [0.25, 0.3) is 0 Å². The van der Waals surface area contributed by atoms with Gasteiger partial charge in [-0.15, -0.1) is 0 Å². The third-order valence-corrected chi connectivity index (χ3v) is 8.55. The van der Waals surface area contributed by atoms with Gasteiger partial charge in [-0.2, -0.15) is 4.57 Å². The lowest BCUT2D eigenvalue weighted by atomic mass is 10.0. The van der Waals surface area contributed by atoms with Crippen LogP contribution in [0.1, 0.15) is 120 Å². The second kappa shape index (κ2) is 19.5. The molecule has 0 aliphatic rings.